The van der Waals surface area contributed by atoms with E-state index in [1.54, 1.807) is 18.2 Å². The van der Waals surface area contributed by atoms with Crippen molar-refractivity contribution in [3.63, 3.8) is 0 Å². The number of carbonyl (C=O) groups is 2. The first-order chi connectivity index (χ1) is 13.1. The summed E-state index contributed by atoms with van der Waals surface area (Å²) in [5, 5.41) is 4.10. The number of hydrogen-bond acceptors (Lipinski definition) is 4. The molecule has 4 nitrogen and oxygen atoms in total. The second-order valence-electron chi connectivity index (χ2n) is 6.49. The third kappa shape index (κ3) is 4.99. The lowest BCUT2D eigenvalue weighted by Gasteiger charge is -2.10. The standard InChI is InChI=1S/C21H22ClNO3S/c1-26-21(25)19-16-6-4-2-3-5-7-17(16)27-20(19)23-18(24)13-10-14-8-11-15(22)12-9-14/h8-13H,2-7H2,1H3,(H,23,24)/b13-10+. The van der Waals surface area contributed by atoms with Crippen molar-refractivity contribution in [2.24, 2.45) is 0 Å². The van der Waals surface area contributed by atoms with Gasteiger partial charge in [0.05, 0.1) is 12.7 Å². The number of anilines is 1. The Bertz CT molecular complexity index is 855. The molecule has 0 unspecified atom stereocenters. The maximum absolute atomic E-state index is 12.4. The van der Waals surface area contributed by atoms with Gasteiger partial charge in [0.2, 0.25) is 5.91 Å². The fourth-order valence-corrected chi connectivity index (χ4v) is 4.63. The molecule has 0 fully saturated rings. The molecule has 1 amide bonds. The smallest absolute Gasteiger partial charge is 0.341 e. The number of ether oxygens (including phenoxy) is 1. The van der Waals surface area contributed by atoms with Crippen LogP contribution in [0.2, 0.25) is 5.02 Å². The lowest BCUT2D eigenvalue weighted by Crippen LogP contribution is -2.12. The Balaban J connectivity index is 1.82. The van der Waals surface area contributed by atoms with E-state index < -0.39 is 0 Å². The average Bonchev–Trinajstić information content (AvgIpc) is 2.96. The van der Waals surface area contributed by atoms with E-state index in [0.717, 1.165) is 36.8 Å². The summed E-state index contributed by atoms with van der Waals surface area (Å²) in [5.41, 5.74) is 2.44. The van der Waals surface area contributed by atoms with Crippen molar-refractivity contribution in [2.45, 2.75) is 38.5 Å². The predicted molar refractivity (Wildman–Crippen MR) is 111 cm³/mol. The van der Waals surface area contributed by atoms with E-state index in [0.29, 0.717) is 15.6 Å². The first-order valence-corrected chi connectivity index (χ1v) is 10.3. The normalized spacial score (nSPS) is 14.3. The number of esters is 1. The number of benzene rings is 1. The van der Waals surface area contributed by atoms with Gasteiger partial charge in [-0.15, -0.1) is 11.3 Å². The van der Waals surface area contributed by atoms with Gasteiger partial charge in [0.25, 0.3) is 0 Å². The Kier molecular flexibility index (Phi) is 6.69. The Hall–Kier alpha value is -2.11. The van der Waals surface area contributed by atoms with Gasteiger partial charge in [-0.2, -0.15) is 0 Å². The second kappa shape index (κ2) is 9.20. The number of halogens is 1. The summed E-state index contributed by atoms with van der Waals surface area (Å²) >= 11 is 7.37. The van der Waals surface area contributed by atoms with Crippen LogP contribution in [-0.2, 0) is 22.4 Å². The Morgan fingerprint density at radius 3 is 2.52 bits per heavy atom. The zero-order chi connectivity index (χ0) is 19.2. The summed E-state index contributed by atoms with van der Waals surface area (Å²) in [4.78, 5) is 25.9. The number of hydrogen-bond donors (Lipinski definition) is 1. The van der Waals surface area contributed by atoms with Gasteiger partial charge in [-0.05, 0) is 55.0 Å². The van der Waals surface area contributed by atoms with E-state index >= 15 is 0 Å². The number of rotatable bonds is 4. The minimum absolute atomic E-state index is 0.274. The Labute approximate surface area is 168 Å². The molecule has 6 heteroatoms. The SMILES string of the molecule is COC(=O)c1c(NC(=O)/C=C/c2ccc(Cl)cc2)sc2c1CCCCCC2. The molecule has 0 bridgehead atoms. The first kappa shape index (κ1) is 19.6. The molecule has 0 saturated carbocycles. The van der Waals surface area contributed by atoms with Gasteiger partial charge in [0, 0.05) is 16.0 Å². The minimum Gasteiger partial charge on any atom is -0.465 e. The van der Waals surface area contributed by atoms with Crippen molar-refractivity contribution in [3.8, 4) is 0 Å². The predicted octanol–water partition coefficient (Wildman–Crippen LogP) is 5.50. The number of thiophene rings is 1. The van der Waals surface area contributed by atoms with E-state index in [9.17, 15) is 9.59 Å². The van der Waals surface area contributed by atoms with E-state index in [4.69, 9.17) is 16.3 Å². The molecule has 142 valence electrons. The molecule has 1 aliphatic carbocycles. The molecule has 1 heterocycles. The third-order valence-corrected chi connectivity index (χ3v) is 6.05. The third-order valence-electron chi connectivity index (χ3n) is 4.59. The van der Waals surface area contributed by atoms with Crippen LogP contribution in [0.1, 0.15) is 52.0 Å². The molecule has 27 heavy (non-hydrogen) atoms. The topological polar surface area (TPSA) is 55.4 Å². The van der Waals surface area contributed by atoms with Crippen molar-refractivity contribution in [1.29, 1.82) is 0 Å². The van der Waals surface area contributed by atoms with Gasteiger partial charge in [-0.1, -0.05) is 36.6 Å². The molecular formula is C21H22ClNO3S. The van der Waals surface area contributed by atoms with Crippen LogP contribution in [-0.4, -0.2) is 19.0 Å². The molecule has 1 aliphatic rings. The molecule has 1 N–H and O–H groups in total. The van der Waals surface area contributed by atoms with Crippen molar-refractivity contribution >= 4 is 45.9 Å². The number of fused-ring (bicyclic) bond motifs is 1. The molecule has 0 radical (unpaired) electrons. The zero-order valence-corrected chi connectivity index (χ0v) is 16.8. The molecule has 3 rings (SSSR count). The maximum atomic E-state index is 12.4. The van der Waals surface area contributed by atoms with Crippen LogP contribution in [0.5, 0.6) is 0 Å². The fourth-order valence-electron chi connectivity index (χ4n) is 3.22. The Morgan fingerprint density at radius 2 is 1.81 bits per heavy atom. The van der Waals surface area contributed by atoms with E-state index in [2.05, 4.69) is 5.32 Å². The summed E-state index contributed by atoms with van der Waals surface area (Å²) in [6.07, 6.45) is 9.51. The van der Waals surface area contributed by atoms with Crippen molar-refractivity contribution in [3.05, 3.63) is 56.9 Å². The van der Waals surface area contributed by atoms with Crippen LogP contribution in [0.15, 0.2) is 30.3 Å². The first-order valence-electron chi connectivity index (χ1n) is 9.06. The van der Waals surface area contributed by atoms with E-state index in [-0.39, 0.29) is 11.9 Å². The van der Waals surface area contributed by atoms with Gasteiger partial charge >= 0.3 is 5.97 Å². The van der Waals surface area contributed by atoms with Gasteiger partial charge < -0.3 is 10.1 Å². The van der Waals surface area contributed by atoms with Crippen LogP contribution in [0.4, 0.5) is 5.00 Å². The quantitative estimate of drug-likeness (QED) is 0.541. The van der Waals surface area contributed by atoms with Crippen LogP contribution in [0, 0.1) is 0 Å². The highest BCUT2D eigenvalue weighted by Crippen LogP contribution is 2.37. The zero-order valence-electron chi connectivity index (χ0n) is 15.2. The monoisotopic (exact) mass is 403 g/mol. The number of aryl methyl sites for hydroxylation is 1. The van der Waals surface area contributed by atoms with Crippen molar-refractivity contribution < 1.29 is 14.3 Å². The minimum atomic E-state index is -0.384. The molecule has 0 atom stereocenters. The van der Waals surface area contributed by atoms with Gasteiger partial charge in [0.15, 0.2) is 0 Å². The highest BCUT2D eigenvalue weighted by Gasteiger charge is 2.25. The van der Waals surface area contributed by atoms with Crippen LogP contribution in [0.3, 0.4) is 0 Å². The highest BCUT2D eigenvalue weighted by molar-refractivity contribution is 7.17. The van der Waals surface area contributed by atoms with Crippen molar-refractivity contribution in [2.75, 3.05) is 12.4 Å². The maximum Gasteiger partial charge on any atom is 0.341 e. The molecule has 1 aromatic heterocycles. The fraction of sp³-hybridized carbons (Fsp3) is 0.333. The van der Waals surface area contributed by atoms with Gasteiger partial charge in [-0.25, -0.2) is 4.79 Å². The Morgan fingerprint density at radius 1 is 1.11 bits per heavy atom. The second-order valence-corrected chi connectivity index (χ2v) is 8.03. The number of carbonyl (C=O) groups excluding carboxylic acids is 2. The highest BCUT2D eigenvalue weighted by atomic mass is 35.5. The molecule has 0 saturated heterocycles. The largest absolute Gasteiger partial charge is 0.465 e. The number of methoxy groups -OCH3 is 1. The number of nitrogens with one attached hydrogen (secondary N) is 1. The van der Waals surface area contributed by atoms with Gasteiger partial charge in [0.1, 0.15) is 5.00 Å². The molecular weight excluding hydrogens is 382 g/mol. The lowest BCUT2D eigenvalue weighted by molar-refractivity contribution is -0.111. The molecule has 0 spiro atoms. The summed E-state index contributed by atoms with van der Waals surface area (Å²) < 4.78 is 4.98. The number of amides is 1. The molecule has 1 aromatic carbocycles. The van der Waals surface area contributed by atoms with E-state index in [1.807, 2.05) is 12.1 Å². The summed E-state index contributed by atoms with van der Waals surface area (Å²) in [6.45, 7) is 0. The summed E-state index contributed by atoms with van der Waals surface area (Å²) in [6, 6.07) is 7.22. The van der Waals surface area contributed by atoms with E-state index in [1.165, 1.54) is 42.2 Å². The summed E-state index contributed by atoms with van der Waals surface area (Å²) in [5.74, 6) is -0.658. The average molecular weight is 404 g/mol. The van der Waals surface area contributed by atoms with Gasteiger partial charge in [-0.3, -0.25) is 4.79 Å². The van der Waals surface area contributed by atoms with Crippen LogP contribution < -0.4 is 5.32 Å². The summed E-state index contributed by atoms with van der Waals surface area (Å²) in [7, 11) is 1.38. The molecule has 2 aromatic rings. The molecule has 0 aliphatic heterocycles. The lowest BCUT2D eigenvalue weighted by atomic mass is 9.96. The van der Waals surface area contributed by atoms with Crippen LogP contribution >= 0.6 is 22.9 Å². The van der Waals surface area contributed by atoms with Crippen molar-refractivity contribution in [1.82, 2.24) is 0 Å². The van der Waals surface area contributed by atoms with Crippen LogP contribution in [0.25, 0.3) is 6.08 Å².